The molecule has 2 rings (SSSR count). The summed E-state index contributed by atoms with van der Waals surface area (Å²) in [5, 5.41) is 0. The monoisotopic (exact) mass is 272 g/mol. The van der Waals surface area contributed by atoms with E-state index in [1.807, 2.05) is 6.08 Å². The average molecular weight is 272 g/mol. The Hall–Kier alpha value is -2.36. The molecular weight excluding hydrogens is 256 g/mol. The summed E-state index contributed by atoms with van der Waals surface area (Å²) in [5.41, 5.74) is 0. The van der Waals surface area contributed by atoms with Gasteiger partial charge in [-0.2, -0.15) is 0 Å². The molecule has 0 aromatic carbocycles. The molecule has 1 aliphatic rings. The minimum absolute atomic E-state index is 0.0477. The molecule has 0 amide bonds. The third-order valence-electron chi connectivity index (χ3n) is 2.81. The van der Waals surface area contributed by atoms with E-state index >= 15 is 0 Å². The largest absolute Gasteiger partial charge is 0.494 e. The quantitative estimate of drug-likeness (QED) is 0.716. The van der Waals surface area contributed by atoms with E-state index in [2.05, 4.69) is 0 Å². The summed E-state index contributed by atoms with van der Waals surface area (Å²) in [4.78, 5) is 23.1. The van der Waals surface area contributed by atoms with Crippen LogP contribution in [0.1, 0.15) is 25.0 Å². The van der Waals surface area contributed by atoms with Crippen LogP contribution in [-0.4, -0.2) is 17.7 Å². The van der Waals surface area contributed by atoms with Gasteiger partial charge in [-0.1, -0.05) is 0 Å². The second-order valence-electron chi connectivity index (χ2n) is 4.42. The van der Waals surface area contributed by atoms with Gasteiger partial charge in [-0.25, -0.2) is 0 Å². The molecule has 0 saturated heterocycles. The fourth-order valence-corrected chi connectivity index (χ4v) is 1.71. The highest BCUT2D eigenvalue weighted by atomic mass is 16.5. The van der Waals surface area contributed by atoms with Gasteiger partial charge in [-0.05, 0) is 42.5 Å². The third kappa shape index (κ3) is 4.72. The zero-order chi connectivity index (χ0) is 14.2. The fraction of sp³-hybridized carbons (Fsp3) is 0.250. The molecule has 1 aromatic rings. The maximum absolute atomic E-state index is 11.6. The van der Waals surface area contributed by atoms with E-state index in [-0.39, 0.29) is 30.5 Å². The van der Waals surface area contributed by atoms with Crippen LogP contribution in [0.15, 0.2) is 53.4 Å². The number of carbonyl (C=O) groups excluding carboxylic acids is 2. The van der Waals surface area contributed by atoms with Crippen molar-refractivity contribution in [3.63, 3.8) is 0 Å². The molecule has 0 saturated carbocycles. The van der Waals surface area contributed by atoms with E-state index in [1.54, 1.807) is 36.8 Å². The molecule has 0 N–H and O–H groups in total. The molecule has 4 nitrogen and oxygen atoms in total. The number of ketones is 2. The molecule has 1 aliphatic heterocycles. The average Bonchev–Trinajstić information content (AvgIpc) is 3.13. The van der Waals surface area contributed by atoms with Gasteiger partial charge in [0.1, 0.15) is 11.9 Å². The Bertz CT molecular complexity index is 527. The zero-order valence-corrected chi connectivity index (χ0v) is 11.0. The molecule has 0 aliphatic carbocycles. The van der Waals surface area contributed by atoms with Gasteiger partial charge < -0.3 is 9.15 Å². The Balaban J connectivity index is 1.68. The predicted molar refractivity (Wildman–Crippen MR) is 74.8 cm³/mol. The standard InChI is InChI=1S/C16H16O4/c17-13(7-9-15-3-1-11-19-15)5-6-14(18)8-10-16-4-2-12-20-16/h1-3,7-12,16H,4-6H2/b9-7+,10-8+. The van der Waals surface area contributed by atoms with Gasteiger partial charge in [-0.3, -0.25) is 9.59 Å². The minimum atomic E-state index is -0.0954. The second kappa shape index (κ2) is 7.28. The molecule has 1 aromatic heterocycles. The first-order chi connectivity index (χ1) is 9.74. The zero-order valence-electron chi connectivity index (χ0n) is 11.0. The van der Waals surface area contributed by atoms with Crippen molar-refractivity contribution in [1.82, 2.24) is 0 Å². The van der Waals surface area contributed by atoms with Crippen LogP contribution in [0.3, 0.4) is 0 Å². The number of allylic oxidation sites excluding steroid dienone is 2. The maximum atomic E-state index is 11.6. The van der Waals surface area contributed by atoms with E-state index < -0.39 is 0 Å². The van der Waals surface area contributed by atoms with E-state index in [1.165, 1.54) is 12.2 Å². The molecule has 1 atom stereocenters. The van der Waals surface area contributed by atoms with Crippen molar-refractivity contribution in [2.45, 2.75) is 25.4 Å². The van der Waals surface area contributed by atoms with Gasteiger partial charge in [0.25, 0.3) is 0 Å². The summed E-state index contributed by atoms with van der Waals surface area (Å²) < 4.78 is 10.3. The Morgan fingerprint density at radius 1 is 1.25 bits per heavy atom. The van der Waals surface area contributed by atoms with Crippen LogP contribution < -0.4 is 0 Å². The maximum Gasteiger partial charge on any atom is 0.156 e. The van der Waals surface area contributed by atoms with E-state index in [9.17, 15) is 9.59 Å². The van der Waals surface area contributed by atoms with E-state index in [4.69, 9.17) is 9.15 Å². The number of hydrogen-bond acceptors (Lipinski definition) is 4. The summed E-state index contributed by atoms with van der Waals surface area (Å²) in [6.07, 6.45) is 12.5. The number of furan rings is 1. The van der Waals surface area contributed by atoms with Crippen LogP contribution in [0.4, 0.5) is 0 Å². The van der Waals surface area contributed by atoms with E-state index in [0.29, 0.717) is 5.76 Å². The van der Waals surface area contributed by atoms with Crippen molar-refractivity contribution in [1.29, 1.82) is 0 Å². The van der Waals surface area contributed by atoms with Crippen molar-refractivity contribution < 1.29 is 18.7 Å². The van der Waals surface area contributed by atoms with Crippen molar-refractivity contribution in [3.05, 3.63) is 54.7 Å². The van der Waals surface area contributed by atoms with Gasteiger partial charge >= 0.3 is 0 Å². The first kappa shape index (κ1) is 14.1. The summed E-state index contributed by atoms with van der Waals surface area (Å²) in [7, 11) is 0. The van der Waals surface area contributed by atoms with Crippen LogP contribution in [0.25, 0.3) is 6.08 Å². The topological polar surface area (TPSA) is 56.5 Å². The normalized spacial score (nSPS) is 17.9. The molecule has 0 radical (unpaired) electrons. The lowest BCUT2D eigenvalue weighted by Crippen LogP contribution is -2.03. The molecule has 0 fully saturated rings. The van der Waals surface area contributed by atoms with Crippen LogP contribution in [0.5, 0.6) is 0 Å². The van der Waals surface area contributed by atoms with E-state index in [0.717, 1.165) is 6.42 Å². The SMILES string of the molecule is O=C(/C=C/c1ccco1)CCC(=O)/C=C/C1CC=CO1. The van der Waals surface area contributed by atoms with Crippen molar-refractivity contribution >= 4 is 17.6 Å². The lowest BCUT2D eigenvalue weighted by molar-refractivity contribution is -0.119. The van der Waals surface area contributed by atoms with Crippen LogP contribution in [0.2, 0.25) is 0 Å². The Kier molecular flexibility index (Phi) is 5.12. The molecule has 20 heavy (non-hydrogen) atoms. The Morgan fingerprint density at radius 3 is 2.70 bits per heavy atom. The van der Waals surface area contributed by atoms with Crippen molar-refractivity contribution in [2.75, 3.05) is 0 Å². The molecule has 104 valence electrons. The highest BCUT2D eigenvalue weighted by Gasteiger charge is 2.08. The lowest BCUT2D eigenvalue weighted by atomic mass is 10.1. The molecule has 0 bridgehead atoms. The Morgan fingerprint density at radius 2 is 2.05 bits per heavy atom. The van der Waals surface area contributed by atoms with Crippen LogP contribution >= 0.6 is 0 Å². The van der Waals surface area contributed by atoms with Gasteiger partial charge in [0.05, 0.1) is 12.5 Å². The molecule has 2 heterocycles. The van der Waals surface area contributed by atoms with Gasteiger partial charge in [0.15, 0.2) is 11.6 Å². The number of ether oxygens (including phenoxy) is 1. The fourth-order valence-electron chi connectivity index (χ4n) is 1.71. The lowest BCUT2D eigenvalue weighted by Gasteiger charge is -2.02. The van der Waals surface area contributed by atoms with Gasteiger partial charge in [0, 0.05) is 19.3 Å². The number of hydrogen-bond donors (Lipinski definition) is 0. The summed E-state index contributed by atoms with van der Waals surface area (Å²) in [6, 6.07) is 3.51. The summed E-state index contributed by atoms with van der Waals surface area (Å²) >= 11 is 0. The molecular formula is C16H16O4. The highest BCUT2D eigenvalue weighted by molar-refractivity contribution is 5.98. The van der Waals surface area contributed by atoms with Crippen molar-refractivity contribution in [2.24, 2.45) is 0 Å². The van der Waals surface area contributed by atoms with Crippen molar-refractivity contribution in [3.8, 4) is 0 Å². The summed E-state index contributed by atoms with van der Waals surface area (Å²) in [6.45, 7) is 0. The molecule has 0 spiro atoms. The van der Waals surface area contributed by atoms with Crippen LogP contribution in [-0.2, 0) is 14.3 Å². The summed E-state index contributed by atoms with van der Waals surface area (Å²) in [5.74, 6) is 0.456. The second-order valence-corrected chi connectivity index (χ2v) is 4.42. The predicted octanol–water partition coefficient (Wildman–Crippen LogP) is 3.07. The smallest absolute Gasteiger partial charge is 0.156 e. The van der Waals surface area contributed by atoms with Gasteiger partial charge in [-0.15, -0.1) is 0 Å². The minimum Gasteiger partial charge on any atom is -0.494 e. The van der Waals surface area contributed by atoms with Crippen LogP contribution in [0, 0.1) is 0 Å². The third-order valence-corrected chi connectivity index (χ3v) is 2.81. The number of rotatable bonds is 7. The number of carbonyl (C=O) groups is 2. The molecule has 4 heteroatoms. The Labute approximate surface area is 117 Å². The molecule has 1 unspecified atom stereocenters. The highest BCUT2D eigenvalue weighted by Crippen LogP contribution is 2.10. The first-order valence-electron chi connectivity index (χ1n) is 6.50. The first-order valence-corrected chi connectivity index (χ1v) is 6.50. The van der Waals surface area contributed by atoms with Gasteiger partial charge in [0.2, 0.25) is 0 Å².